The van der Waals surface area contributed by atoms with E-state index in [1.54, 1.807) is 0 Å². The molecule has 2 fully saturated rings. The monoisotopic (exact) mass is 480 g/mol. The number of nitrogens with one attached hydrogen (secondary N) is 2. The Morgan fingerprint density at radius 2 is 1.56 bits per heavy atom. The van der Waals surface area contributed by atoms with Gasteiger partial charge in [-0.1, -0.05) is 60.2 Å². The van der Waals surface area contributed by atoms with Crippen molar-refractivity contribution in [2.75, 3.05) is 54.4 Å². The van der Waals surface area contributed by atoms with E-state index in [4.69, 9.17) is 19.9 Å². The number of fused-ring (bicyclic) bond motifs is 1. The zero-order valence-corrected chi connectivity index (χ0v) is 20.7. The Morgan fingerprint density at radius 3 is 2.31 bits per heavy atom. The standard InChI is InChI=1S/C28H32N8/c1-20-9-11-22(12-10-20)23-25(30-19-21-7-3-2-4-8-21)32-26-24(31-23)27(35-15-5-6-16-35)34-28(33-26)36-17-13-29-14-18-36/h2-4,7-12,29H,5-6,13-19H2,1H3,(H,30,32,33,34). The highest BCUT2D eigenvalue weighted by Crippen LogP contribution is 2.33. The van der Waals surface area contributed by atoms with Gasteiger partial charge in [-0.2, -0.15) is 9.97 Å². The first-order valence-corrected chi connectivity index (χ1v) is 12.9. The molecule has 2 N–H and O–H groups in total. The number of aryl methyl sites for hydroxylation is 1. The van der Waals surface area contributed by atoms with E-state index in [2.05, 4.69) is 75.9 Å². The van der Waals surface area contributed by atoms with E-state index in [-0.39, 0.29) is 0 Å². The first-order valence-electron chi connectivity index (χ1n) is 12.9. The molecule has 4 heterocycles. The summed E-state index contributed by atoms with van der Waals surface area (Å²) in [6, 6.07) is 18.8. The van der Waals surface area contributed by atoms with Crippen molar-refractivity contribution < 1.29 is 0 Å². The van der Waals surface area contributed by atoms with Crippen LogP contribution in [0.4, 0.5) is 17.6 Å². The molecule has 0 atom stereocenters. The fraction of sp³-hybridized carbons (Fsp3) is 0.357. The van der Waals surface area contributed by atoms with Crippen LogP contribution in [0.5, 0.6) is 0 Å². The minimum Gasteiger partial charge on any atom is -0.364 e. The number of benzene rings is 2. The quantitative estimate of drug-likeness (QED) is 0.428. The van der Waals surface area contributed by atoms with E-state index in [9.17, 15) is 0 Å². The number of nitrogens with zero attached hydrogens (tertiary/aromatic N) is 6. The summed E-state index contributed by atoms with van der Waals surface area (Å²) in [5.41, 5.74) is 5.69. The summed E-state index contributed by atoms with van der Waals surface area (Å²) >= 11 is 0. The lowest BCUT2D eigenvalue weighted by Gasteiger charge is -2.28. The zero-order chi connectivity index (χ0) is 24.3. The molecule has 4 aromatic rings. The highest BCUT2D eigenvalue weighted by atomic mass is 15.3. The van der Waals surface area contributed by atoms with Gasteiger partial charge in [0.25, 0.3) is 0 Å². The predicted molar refractivity (Wildman–Crippen MR) is 146 cm³/mol. The van der Waals surface area contributed by atoms with Crippen LogP contribution in [0.15, 0.2) is 54.6 Å². The van der Waals surface area contributed by atoms with E-state index in [1.165, 1.54) is 24.0 Å². The van der Waals surface area contributed by atoms with Crippen LogP contribution in [0.3, 0.4) is 0 Å². The lowest BCUT2D eigenvalue weighted by atomic mass is 10.1. The van der Waals surface area contributed by atoms with E-state index in [1.807, 2.05) is 6.07 Å². The molecule has 6 rings (SSSR count). The van der Waals surface area contributed by atoms with Gasteiger partial charge in [0.1, 0.15) is 5.69 Å². The molecular formula is C28H32N8. The molecule has 0 amide bonds. The molecule has 2 aromatic heterocycles. The Kier molecular flexibility index (Phi) is 6.34. The minimum atomic E-state index is 0.645. The second kappa shape index (κ2) is 10.1. The fourth-order valence-electron chi connectivity index (χ4n) is 4.90. The van der Waals surface area contributed by atoms with Crippen LogP contribution in [-0.4, -0.2) is 59.2 Å². The topological polar surface area (TPSA) is 82.1 Å². The highest BCUT2D eigenvalue weighted by Gasteiger charge is 2.24. The number of piperazine rings is 1. The van der Waals surface area contributed by atoms with Crippen molar-refractivity contribution in [2.24, 2.45) is 0 Å². The van der Waals surface area contributed by atoms with Crippen LogP contribution in [0.25, 0.3) is 22.4 Å². The fourth-order valence-corrected chi connectivity index (χ4v) is 4.90. The smallest absolute Gasteiger partial charge is 0.229 e. The molecule has 0 saturated carbocycles. The van der Waals surface area contributed by atoms with Crippen molar-refractivity contribution in [1.29, 1.82) is 0 Å². The molecule has 2 aliphatic rings. The second-order valence-electron chi connectivity index (χ2n) is 9.58. The lowest BCUT2D eigenvalue weighted by Crippen LogP contribution is -2.44. The Bertz CT molecular complexity index is 1330. The number of aromatic nitrogens is 4. The molecular weight excluding hydrogens is 448 g/mol. The summed E-state index contributed by atoms with van der Waals surface area (Å²) < 4.78 is 0. The van der Waals surface area contributed by atoms with Crippen LogP contribution in [0.1, 0.15) is 24.0 Å². The summed E-state index contributed by atoms with van der Waals surface area (Å²) in [6.07, 6.45) is 2.34. The van der Waals surface area contributed by atoms with E-state index < -0.39 is 0 Å². The number of anilines is 3. The average molecular weight is 481 g/mol. The van der Waals surface area contributed by atoms with E-state index in [0.29, 0.717) is 12.2 Å². The molecule has 184 valence electrons. The van der Waals surface area contributed by atoms with Crippen molar-refractivity contribution in [1.82, 2.24) is 25.3 Å². The maximum absolute atomic E-state index is 5.20. The van der Waals surface area contributed by atoms with Gasteiger partial charge in [-0.3, -0.25) is 0 Å². The van der Waals surface area contributed by atoms with Gasteiger partial charge in [-0.05, 0) is 25.3 Å². The summed E-state index contributed by atoms with van der Waals surface area (Å²) in [5, 5.41) is 6.97. The summed E-state index contributed by atoms with van der Waals surface area (Å²) in [7, 11) is 0. The second-order valence-corrected chi connectivity index (χ2v) is 9.58. The molecule has 0 spiro atoms. The van der Waals surface area contributed by atoms with Crippen LogP contribution >= 0.6 is 0 Å². The Labute approximate surface area is 211 Å². The first kappa shape index (κ1) is 22.7. The van der Waals surface area contributed by atoms with Crippen LogP contribution < -0.4 is 20.4 Å². The number of rotatable bonds is 6. The number of hydrogen-bond donors (Lipinski definition) is 2. The molecule has 0 radical (unpaired) electrons. The largest absolute Gasteiger partial charge is 0.364 e. The molecule has 0 unspecified atom stereocenters. The molecule has 8 nitrogen and oxygen atoms in total. The van der Waals surface area contributed by atoms with Gasteiger partial charge < -0.3 is 20.4 Å². The van der Waals surface area contributed by atoms with E-state index >= 15 is 0 Å². The van der Waals surface area contributed by atoms with Gasteiger partial charge in [-0.25, -0.2) is 9.97 Å². The van der Waals surface area contributed by atoms with Crippen molar-refractivity contribution in [2.45, 2.75) is 26.3 Å². The van der Waals surface area contributed by atoms with Crippen molar-refractivity contribution in [3.8, 4) is 11.3 Å². The van der Waals surface area contributed by atoms with Crippen LogP contribution in [0.2, 0.25) is 0 Å². The molecule has 8 heteroatoms. The average Bonchev–Trinajstić information content (AvgIpc) is 3.47. The molecule has 36 heavy (non-hydrogen) atoms. The van der Waals surface area contributed by atoms with Gasteiger partial charge in [0, 0.05) is 51.4 Å². The molecule has 2 aromatic carbocycles. The van der Waals surface area contributed by atoms with Crippen LogP contribution in [-0.2, 0) is 6.54 Å². The van der Waals surface area contributed by atoms with E-state index in [0.717, 1.165) is 73.6 Å². The minimum absolute atomic E-state index is 0.645. The normalized spacial score (nSPS) is 16.0. The van der Waals surface area contributed by atoms with Crippen LogP contribution in [0, 0.1) is 6.92 Å². The SMILES string of the molecule is Cc1ccc(-c2nc3c(N4CCCC4)nc(N4CCNCC4)nc3nc2NCc2ccccc2)cc1. The first-order chi connectivity index (χ1) is 17.7. The summed E-state index contributed by atoms with van der Waals surface area (Å²) in [5.74, 6) is 2.39. The summed E-state index contributed by atoms with van der Waals surface area (Å²) in [6.45, 7) is 8.38. The number of hydrogen-bond acceptors (Lipinski definition) is 8. The maximum atomic E-state index is 5.20. The van der Waals surface area contributed by atoms with Gasteiger partial charge in [0.15, 0.2) is 22.8 Å². The summed E-state index contributed by atoms with van der Waals surface area (Å²) in [4.78, 5) is 24.9. The molecule has 0 bridgehead atoms. The Morgan fingerprint density at radius 1 is 0.806 bits per heavy atom. The van der Waals surface area contributed by atoms with Crippen molar-refractivity contribution in [3.05, 3.63) is 65.7 Å². The predicted octanol–water partition coefficient (Wildman–Crippen LogP) is 4.02. The van der Waals surface area contributed by atoms with Crippen molar-refractivity contribution in [3.63, 3.8) is 0 Å². The van der Waals surface area contributed by atoms with Gasteiger partial charge >= 0.3 is 0 Å². The molecule has 2 saturated heterocycles. The highest BCUT2D eigenvalue weighted by molar-refractivity contribution is 5.89. The van der Waals surface area contributed by atoms with Gasteiger partial charge in [0.2, 0.25) is 5.95 Å². The maximum Gasteiger partial charge on any atom is 0.229 e. The Hall–Kier alpha value is -3.78. The van der Waals surface area contributed by atoms with Gasteiger partial charge in [0.05, 0.1) is 0 Å². The van der Waals surface area contributed by atoms with Gasteiger partial charge in [-0.15, -0.1) is 0 Å². The zero-order valence-electron chi connectivity index (χ0n) is 20.7. The third-order valence-corrected chi connectivity index (χ3v) is 6.93. The third-order valence-electron chi connectivity index (χ3n) is 6.93. The molecule has 0 aliphatic carbocycles. The third kappa shape index (κ3) is 4.68. The van der Waals surface area contributed by atoms with Crippen molar-refractivity contribution >= 4 is 28.7 Å². The molecule has 2 aliphatic heterocycles. The lowest BCUT2D eigenvalue weighted by molar-refractivity contribution is 0.580. The Balaban J connectivity index is 1.49.